The fourth-order valence-electron chi connectivity index (χ4n) is 2.18. The first-order valence-corrected chi connectivity index (χ1v) is 8.50. The molecule has 2 rings (SSSR count). The van der Waals surface area contributed by atoms with Crippen LogP contribution in [0.3, 0.4) is 0 Å². The van der Waals surface area contributed by atoms with Crippen LogP contribution in [0.15, 0.2) is 33.3 Å². The van der Waals surface area contributed by atoms with Crippen molar-refractivity contribution in [2.45, 2.75) is 37.7 Å². The summed E-state index contributed by atoms with van der Waals surface area (Å²) in [5.74, 6) is 0.746. The van der Waals surface area contributed by atoms with E-state index in [9.17, 15) is 5.11 Å². The zero-order valence-corrected chi connectivity index (χ0v) is 15.1. The lowest BCUT2D eigenvalue weighted by atomic mass is 10.0. The molecule has 2 aromatic rings. The summed E-state index contributed by atoms with van der Waals surface area (Å²) in [5, 5.41) is 13.9. The molecular weight excluding hydrogens is 350 g/mol. The third kappa shape index (κ3) is 4.11. The molecule has 0 fully saturated rings. The van der Waals surface area contributed by atoms with Gasteiger partial charge in [-0.2, -0.15) is 0 Å². The average Bonchev–Trinajstić information content (AvgIpc) is 2.78. The largest absolute Gasteiger partial charge is 0.395 e. The zero-order valence-electron chi connectivity index (χ0n) is 12.7. The van der Waals surface area contributed by atoms with Crippen molar-refractivity contribution in [1.29, 1.82) is 0 Å². The fraction of sp³-hybridized carbons (Fsp3) is 0.438. The van der Waals surface area contributed by atoms with E-state index in [0.29, 0.717) is 0 Å². The maximum atomic E-state index is 9.80. The molecule has 0 amide bonds. The third-order valence-electron chi connectivity index (χ3n) is 3.00. The number of thioether (sulfide) groups is 1. The highest BCUT2D eigenvalue weighted by atomic mass is 79.9. The Balaban J connectivity index is 2.43. The van der Waals surface area contributed by atoms with Gasteiger partial charge in [0.2, 0.25) is 0 Å². The van der Waals surface area contributed by atoms with Gasteiger partial charge in [0, 0.05) is 20.3 Å². The molecule has 1 aromatic carbocycles. The summed E-state index contributed by atoms with van der Waals surface area (Å²) < 4.78 is 6.60. The minimum atomic E-state index is -0.0464. The molecule has 114 valence electrons. The van der Waals surface area contributed by atoms with E-state index in [0.717, 1.165) is 27.1 Å². The normalized spacial score (nSPS) is 13.4. The van der Waals surface area contributed by atoms with Gasteiger partial charge < -0.3 is 9.63 Å². The van der Waals surface area contributed by atoms with E-state index in [4.69, 9.17) is 4.52 Å². The molecule has 5 heteroatoms. The lowest BCUT2D eigenvalue weighted by molar-refractivity contribution is 0.295. The van der Waals surface area contributed by atoms with Crippen LogP contribution in [0.1, 0.15) is 37.3 Å². The minimum absolute atomic E-state index is 0.0464. The maximum absolute atomic E-state index is 9.80. The molecule has 1 N–H and O–H groups in total. The van der Waals surface area contributed by atoms with Crippen molar-refractivity contribution in [1.82, 2.24) is 5.16 Å². The first kappa shape index (κ1) is 16.6. The van der Waals surface area contributed by atoms with Crippen LogP contribution in [0.2, 0.25) is 0 Å². The van der Waals surface area contributed by atoms with Gasteiger partial charge in [0.15, 0.2) is 5.76 Å². The lowest BCUT2D eigenvalue weighted by Gasteiger charge is -2.24. The van der Waals surface area contributed by atoms with Crippen LogP contribution in [0, 0.1) is 6.92 Å². The molecule has 0 saturated heterocycles. The van der Waals surface area contributed by atoms with E-state index in [-0.39, 0.29) is 16.6 Å². The fourth-order valence-corrected chi connectivity index (χ4v) is 3.77. The molecule has 0 radical (unpaired) electrons. The molecular formula is C16H20BrNO2S. The van der Waals surface area contributed by atoms with Crippen LogP contribution >= 0.6 is 27.7 Å². The Morgan fingerprint density at radius 2 is 1.90 bits per heavy atom. The summed E-state index contributed by atoms with van der Waals surface area (Å²) >= 11 is 5.16. The van der Waals surface area contributed by atoms with E-state index in [1.165, 1.54) is 0 Å². The Bertz CT molecular complexity index is 602. The third-order valence-corrected chi connectivity index (χ3v) is 4.90. The summed E-state index contributed by atoms with van der Waals surface area (Å²) in [6, 6.07) is 7.93. The number of aryl methyl sites for hydroxylation is 1. The van der Waals surface area contributed by atoms with Gasteiger partial charge in [-0.05, 0) is 19.1 Å². The summed E-state index contributed by atoms with van der Waals surface area (Å²) in [7, 11) is 0. The van der Waals surface area contributed by atoms with E-state index in [1.807, 2.05) is 31.2 Å². The first-order chi connectivity index (χ1) is 9.81. The molecule has 21 heavy (non-hydrogen) atoms. The molecule has 0 aliphatic rings. The standard InChI is InChI=1S/C16H20BrNO2S/c1-10-14(13(9-19)21-16(2,3)4)15(20-18-10)11-5-7-12(17)8-6-11/h5-8,13,19H,9H2,1-4H3. The SMILES string of the molecule is Cc1noc(-c2ccc(Br)cc2)c1C(CO)SC(C)(C)C. The predicted molar refractivity (Wildman–Crippen MR) is 91.5 cm³/mol. The summed E-state index contributed by atoms with van der Waals surface area (Å²) in [4.78, 5) is 0. The predicted octanol–water partition coefficient (Wildman–Crippen LogP) is 4.98. The average molecular weight is 370 g/mol. The van der Waals surface area contributed by atoms with Crippen LogP contribution in [0.5, 0.6) is 0 Å². The zero-order chi connectivity index (χ0) is 15.6. The Hall–Kier alpha value is -0.780. The molecule has 1 heterocycles. The quantitative estimate of drug-likeness (QED) is 0.825. The van der Waals surface area contributed by atoms with Crippen molar-refractivity contribution in [2.24, 2.45) is 0 Å². The summed E-state index contributed by atoms with van der Waals surface area (Å²) in [6.07, 6.45) is 0. The number of aliphatic hydroxyl groups excluding tert-OH is 1. The Morgan fingerprint density at radius 3 is 2.43 bits per heavy atom. The molecule has 1 unspecified atom stereocenters. The maximum Gasteiger partial charge on any atom is 0.171 e. The van der Waals surface area contributed by atoms with Gasteiger partial charge in [0.1, 0.15) is 0 Å². The molecule has 1 aromatic heterocycles. The lowest BCUT2D eigenvalue weighted by Crippen LogP contribution is -2.14. The van der Waals surface area contributed by atoms with Gasteiger partial charge in [-0.1, -0.05) is 54.0 Å². The minimum Gasteiger partial charge on any atom is -0.395 e. The van der Waals surface area contributed by atoms with Gasteiger partial charge in [-0.15, -0.1) is 11.8 Å². The molecule has 0 bridgehead atoms. The van der Waals surface area contributed by atoms with Gasteiger partial charge in [-0.3, -0.25) is 0 Å². The van der Waals surface area contributed by atoms with E-state index in [2.05, 4.69) is 41.9 Å². The number of nitrogens with zero attached hydrogens (tertiary/aromatic N) is 1. The molecule has 3 nitrogen and oxygen atoms in total. The Kier molecular flexibility index (Phi) is 5.17. The van der Waals surface area contributed by atoms with Crippen LogP contribution in [0.25, 0.3) is 11.3 Å². The highest BCUT2D eigenvalue weighted by Crippen LogP contribution is 2.43. The number of aromatic nitrogens is 1. The number of benzene rings is 1. The summed E-state index contributed by atoms with van der Waals surface area (Å²) in [5.41, 5.74) is 2.80. The Morgan fingerprint density at radius 1 is 1.29 bits per heavy atom. The molecule has 0 aliphatic carbocycles. The van der Waals surface area contributed by atoms with Gasteiger partial charge in [0.25, 0.3) is 0 Å². The van der Waals surface area contributed by atoms with Crippen molar-refractivity contribution in [3.05, 3.63) is 40.0 Å². The number of rotatable bonds is 4. The summed E-state index contributed by atoms with van der Waals surface area (Å²) in [6.45, 7) is 8.41. The second-order valence-electron chi connectivity index (χ2n) is 5.92. The van der Waals surface area contributed by atoms with Crippen molar-refractivity contribution in [2.75, 3.05) is 6.61 Å². The van der Waals surface area contributed by atoms with Gasteiger partial charge in [0.05, 0.1) is 17.6 Å². The molecule has 1 atom stereocenters. The smallest absolute Gasteiger partial charge is 0.171 e. The molecule has 0 spiro atoms. The van der Waals surface area contributed by atoms with Crippen LogP contribution < -0.4 is 0 Å². The second-order valence-corrected chi connectivity index (χ2v) is 8.86. The van der Waals surface area contributed by atoms with E-state index >= 15 is 0 Å². The van der Waals surface area contributed by atoms with Gasteiger partial charge in [-0.25, -0.2) is 0 Å². The Labute approximate surface area is 138 Å². The number of hydrogen-bond donors (Lipinski definition) is 1. The highest BCUT2D eigenvalue weighted by Gasteiger charge is 2.27. The van der Waals surface area contributed by atoms with Crippen molar-refractivity contribution in [3.8, 4) is 11.3 Å². The van der Waals surface area contributed by atoms with Crippen molar-refractivity contribution >= 4 is 27.7 Å². The van der Waals surface area contributed by atoms with Crippen molar-refractivity contribution in [3.63, 3.8) is 0 Å². The van der Waals surface area contributed by atoms with Gasteiger partial charge >= 0.3 is 0 Å². The molecule has 0 saturated carbocycles. The second kappa shape index (κ2) is 6.55. The highest BCUT2D eigenvalue weighted by molar-refractivity contribution is 9.10. The number of halogens is 1. The number of aliphatic hydroxyl groups is 1. The topological polar surface area (TPSA) is 46.3 Å². The van der Waals surface area contributed by atoms with E-state index < -0.39 is 0 Å². The number of hydrogen-bond acceptors (Lipinski definition) is 4. The van der Waals surface area contributed by atoms with Crippen LogP contribution in [0.4, 0.5) is 0 Å². The van der Waals surface area contributed by atoms with Crippen LogP contribution in [-0.2, 0) is 0 Å². The van der Waals surface area contributed by atoms with Crippen LogP contribution in [-0.4, -0.2) is 21.6 Å². The van der Waals surface area contributed by atoms with Crippen molar-refractivity contribution < 1.29 is 9.63 Å². The monoisotopic (exact) mass is 369 g/mol. The van der Waals surface area contributed by atoms with E-state index in [1.54, 1.807) is 11.8 Å². The first-order valence-electron chi connectivity index (χ1n) is 6.82. The molecule has 0 aliphatic heterocycles.